The summed E-state index contributed by atoms with van der Waals surface area (Å²) in [5.41, 5.74) is 1.80. The van der Waals surface area contributed by atoms with Gasteiger partial charge in [0.1, 0.15) is 5.92 Å². The lowest BCUT2D eigenvalue weighted by Crippen LogP contribution is -2.33. The van der Waals surface area contributed by atoms with Gasteiger partial charge in [0, 0.05) is 34.3 Å². The Balaban J connectivity index is 1.94. The lowest BCUT2D eigenvalue weighted by molar-refractivity contribution is -0.145. The van der Waals surface area contributed by atoms with E-state index in [9.17, 15) is 19.5 Å². The van der Waals surface area contributed by atoms with E-state index in [0.717, 1.165) is 0 Å². The molecule has 0 saturated heterocycles. The van der Waals surface area contributed by atoms with Gasteiger partial charge in [0.05, 0.1) is 0 Å². The van der Waals surface area contributed by atoms with Gasteiger partial charge in [-0.15, -0.1) is 0 Å². The van der Waals surface area contributed by atoms with Gasteiger partial charge in [-0.25, -0.2) is 0 Å². The number of nitrogens with one attached hydrogen (secondary N) is 2. The van der Waals surface area contributed by atoms with E-state index in [4.69, 9.17) is 0 Å². The van der Waals surface area contributed by atoms with E-state index in [-0.39, 0.29) is 11.8 Å². The molecule has 1 amide bonds. The third kappa shape index (κ3) is 3.49. The van der Waals surface area contributed by atoms with Gasteiger partial charge in [-0.1, -0.05) is 30.3 Å². The highest BCUT2D eigenvalue weighted by molar-refractivity contribution is 6.04. The third-order valence-electron chi connectivity index (χ3n) is 4.28. The second kappa shape index (κ2) is 7.23. The van der Waals surface area contributed by atoms with Crippen LogP contribution in [0.1, 0.15) is 11.3 Å². The van der Waals surface area contributed by atoms with Gasteiger partial charge >= 0.3 is 5.97 Å². The van der Waals surface area contributed by atoms with Crippen LogP contribution in [0, 0.1) is 12.8 Å². The minimum Gasteiger partial charge on any atom is -0.481 e. The van der Waals surface area contributed by atoms with Crippen LogP contribution in [0.3, 0.4) is 0 Å². The molecule has 0 unspecified atom stereocenters. The fourth-order valence-electron chi connectivity index (χ4n) is 2.89. The number of fused-ring (bicyclic) bond motifs is 1. The van der Waals surface area contributed by atoms with Gasteiger partial charge in [0.15, 0.2) is 5.43 Å². The molecule has 0 fully saturated rings. The minimum absolute atomic E-state index is 0.181. The number of carbonyl (C=O) groups excluding carboxylic acids is 1. The molecule has 132 valence electrons. The van der Waals surface area contributed by atoms with Crippen LogP contribution < -0.4 is 10.7 Å². The second-order valence-electron chi connectivity index (χ2n) is 6.05. The summed E-state index contributed by atoms with van der Waals surface area (Å²) in [5.74, 6) is -3.29. The second-order valence-corrected chi connectivity index (χ2v) is 6.05. The van der Waals surface area contributed by atoms with Crippen molar-refractivity contribution >= 4 is 28.5 Å². The molecule has 0 bridgehead atoms. The van der Waals surface area contributed by atoms with Crippen LogP contribution in [0.4, 0.5) is 5.69 Å². The Morgan fingerprint density at radius 2 is 1.73 bits per heavy atom. The molecule has 0 aliphatic rings. The summed E-state index contributed by atoms with van der Waals surface area (Å²) in [4.78, 5) is 39.9. The summed E-state index contributed by atoms with van der Waals surface area (Å²) < 4.78 is 0. The van der Waals surface area contributed by atoms with Crippen LogP contribution in [0.5, 0.6) is 0 Å². The van der Waals surface area contributed by atoms with Crippen molar-refractivity contribution in [3.63, 3.8) is 0 Å². The molecule has 1 heterocycles. The highest BCUT2D eigenvalue weighted by atomic mass is 16.4. The first kappa shape index (κ1) is 17.4. The Hall–Kier alpha value is -3.41. The largest absolute Gasteiger partial charge is 0.481 e. The van der Waals surface area contributed by atoms with E-state index < -0.39 is 17.8 Å². The Labute approximate surface area is 149 Å². The SMILES string of the molecule is Cc1[nH]c2ccccc2c(=O)c1C[C@H](C(=O)O)C(=O)Nc1ccccc1. The monoisotopic (exact) mass is 350 g/mol. The highest BCUT2D eigenvalue weighted by Crippen LogP contribution is 2.16. The lowest BCUT2D eigenvalue weighted by Gasteiger charge is -2.14. The predicted molar refractivity (Wildman–Crippen MR) is 99.2 cm³/mol. The maximum Gasteiger partial charge on any atom is 0.316 e. The number of H-pyrrole nitrogens is 1. The molecule has 6 nitrogen and oxygen atoms in total. The zero-order valence-electron chi connectivity index (χ0n) is 14.2. The molecule has 26 heavy (non-hydrogen) atoms. The van der Waals surface area contributed by atoms with Gasteiger partial charge < -0.3 is 15.4 Å². The summed E-state index contributed by atoms with van der Waals surface area (Å²) in [7, 11) is 0. The van der Waals surface area contributed by atoms with Crippen molar-refractivity contribution in [1.29, 1.82) is 0 Å². The van der Waals surface area contributed by atoms with E-state index in [1.807, 2.05) is 6.07 Å². The maximum absolute atomic E-state index is 12.7. The van der Waals surface area contributed by atoms with E-state index in [0.29, 0.717) is 27.8 Å². The number of carbonyl (C=O) groups is 2. The molecule has 0 radical (unpaired) electrons. The third-order valence-corrected chi connectivity index (χ3v) is 4.28. The van der Waals surface area contributed by atoms with Gasteiger partial charge in [-0.3, -0.25) is 14.4 Å². The van der Waals surface area contributed by atoms with Crippen LogP contribution in [0.2, 0.25) is 0 Å². The summed E-state index contributed by atoms with van der Waals surface area (Å²) >= 11 is 0. The van der Waals surface area contributed by atoms with Crippen LogP contribution in [0.15, 0.2) is 59.4 Å². The smallest absolute Gasteiger partial charge is 0.316 e. The molecule has 0 aliphatic carbocycles. The molecule has 0 saturated carbocycles. The zero-order chi connectivity index (χ0) is 18.7. The van der Waals surface area contributed by atoms with E-state index in [2.05, 4.69) is 10.3 Å². The lowest BCUT2D eigenvalue weighted by atomic mass is 9.96. The number of carboxylic acids is 1. The molecular formula is C20H18N2O4. The van der Waals surface area contributed by atoms with Crippen LogP contribution in [-0.4, -0.2) is 22.0 Å². The van der Waals surface area contributed by atoms with Crippen molar-refractivity contribution in [2.45, 2.75) is 13.3 Å². The number of aromatic nitrogens is 1. The van der Waals surface area contributed by atoms with Crippen molar-refractivity contribution in [3.8, 4) is 0 Å². The fraction of sp³-hybridized carbons (Fsp3) is 0.150. The maximum atomic E-state index is 12.7. The summed E-state index contributed by atoms with van der Waals surface area (Å²) in [6, 6.07) is 15.6. The molecule has 2 aromatic carbocycles. The van der Waals surface area contributed by atoms with Crippen LogP contribution in [-0.2, 0) is 16.0 Å². The first-order valence-corrected chi connectivity index (χ1v) is 8.16. The molecular weight excluding hydrogens is 332 g/mol. The van der Waals surface area contributed by atoms with Crippen molar-refractivity contribution < 1.29 is 14.7 Å². The minimum atomic E-state index is -1.36. The van der Waals surface area contributed by atoms with Gasteiger partial charge in [-0.05, 0) is 31.2 Å². The summed E-state index contributed by atoms with van der Waals surface area (Å²) in [6.07, 6.45) is -0.181. The molecule has 0 spiro atoms. The molecule has 3 aromatic rings. The zero-order valence-corrected chi connectivity index (χ0v) is 14.2. The van der Waals surface area contributed by atoms with E-state index in [1.54, 1.807) is 55.5 Å². The van der Waals surface area contributed by atoms with Crippen molar-refractivity contribution in [3.05, 3.63) is 76.1 Å². The van der Waals surface area contributed by atoms with Gasteiger partial charge in [-0.2, -0.15) is 0 Å². The first-order valence-electron chi connectivity index (χ1n) is 8.16. The Morgan fingerprint density at radius 3 is 2.42 bits per heavy atom. The number of hydrogen-bond acceptors (Lipinski definition) is 3. The molecule has 0 aliphatic heterocycles. The molecule has 1 atom stereocenters. The number of para-hydroxylation sites is 2. The average molecular weight is 350 g/mol. The molecule has 6 heteroatoms. The van der Waals surface area contributed by atoms with Gasteiger partial charge in [0.25, 0.3) is 0 Å². The number of carboxylic acid groups (broad SMARTS) is 1. The van der Waals surface area contributed by atoms with E-state index >= 15 is 0 Å². The number of rotatable bonds is 5. The first-order chi connectivity index (χ1) is 12.5. The molecule has 3 N–H and O–H groups in total. The quantitative estimate of drug-likeness (QED) is 0.616. The number of pyridine rings is 1. The Bertz CT molecular complexity index is 1020. The number of benzene rings is 2. The fourth-order valence-corrected chi connectivity index (χ4v) is 2.89. The van der Waals surface area contributed by atoms with Crippen molar-refractivity contribution in [2.75, 3.05) is 5.32 Å². The van der Waals surface area contributed by atoms with Crippen LogP contribution in [0.25, 0.3) is 10.9 Å². The summed E-state index contributed by atoms with van der Waals surface area (Å²) in [6.45, 7) is 1.71. The number of amides is 1. The number of hydrogen-bond donors (Lipinski definition) is 3. The highest BCUT2D eigenvalue weighted by Gasteiger charge is 2.28. The topological polar surface area (TPSA) is 99.3 Å². The van der Waals surface area contributed by atoms with Gasteiger partial charge in [0.2, 0.25) is 5.91 Å². The van der Waals surface area contributed by atoms with Crippen molar-refractivity contribution in [1.82, 2.24) is 4.98 Å². The standard InChI is InChI=1S/C20H18N2O4/c1-12-15(18(23)14-9-5-6-10-17(14)21-12)11-16(20(25)26)19(24)22-13-7-3-2-4-8-13/h2-10,16H,11H2,1H3,(H,21,23)(H,22,24)(H,25,26)/t16-/m0/s1. The summed E-state index contributed by atoms with van der Waals surface area (Å²) in [5, 5.41) is 12.6. The average Bonchev–Trinajstić information content (AvgIpc) is 2.62. The molecule has 1 aromatic heterocycles. The van der Waals surface area contributed by atoms with E-state index in [1.165, 1.54) is 0 Å². The normalized spacial score (nSPS) is 11.9. The Kier molecular flexibility index (Phi) is 4.84. The Morgan fingerprint density at radius 1 is 1.08 bits per heavy atom. The number of anilines is 1. The van der Waals surface area contributed by atoms with Crippen LogP contribution >= 0.6 is 0 Å². The predicted octanol–water partition coefficient (Wildman–Crippen LogP) is 2.72. The van der Waals surface area contributed by atoms with Crippen molar-refractivity contribution in [2.24, 2.45) is 5.92 Å². The number of aromatic amines is 1. The number of aliphatic carboxylic acids is 1. The number of aryl methyl sites for hydroxylation is 1. The molecule has 3 rings (SSSR count).